The molecule has 2 aliphatic heterocycles. The van der Waals surface area contributed by atoms with E-state index >= 15 is 0 Å². The molecule has 192 valence electrons. The maximum atomic E-state index is 12.0. The summed E-state index contributed by atoms with van der Waals surface area (Å²) in [6.45, 7) is 7.17. The van der Waals surface area contributed by atoms with E-state index in [9.17, 15) is 9.59 Å². The highest BCUT2D eigenvalue weighted by molar-refractivity contribution is 6.30. The summed E-state index contributed by atoms with van der Waals surface area (Å²) >= 11 is 5.96. The first-order chi connectivity index (χ1) is 16.7. The monoisotopic (exact) mass is 503 g/mol. The number of ether oxygens (including phenoxy) is 1. The van der Waals surface area contributed by atoms with Crippen LogP contribution in [0, 0.1) is 6.92 Å². The van der Waals surface area contributed by atoms with Crippen molar-refractivity contribution in [3.8, 4) is 0 Å². The van der Waals surface area contributed by atoms with Gasteiger partial charge in [0.25, 0.3) is 0 Å². The number of hydrogen-bond donors (Lipinski definition) is 1. The van der Waals surface area contributed by atoms with Crippen LogP contribution >= 0.6 is 11.6 Å². The smallest absolute Gasteiger partial charge is 0.303 e. The minimum Gasteiger partial charge on any atom is -0.481 e. The number of fused-ring (bicyclic) bond motifs is 1. The number of anilines is 2. The molecule has 1 amide bonds. The van der Waals surface area contributed by atoms with Crippen molar-refractivity contribution in [2.75, 3.05) is 63.8 Å². The average molecular weight is 504 g/mol. The third kappa shape index (κ3) is 9.51. The van der Waals surface area contributed by atoms with Crippen LogP contribution in [0.1, 0.15) is 30.4 Å². The Morgan fingerprint density at radius 1 is 1.00 bits per heavy atom. The third-order valence-corrected chi connectivity index (χ3v) is 6.12. The van der Waals surface area contributed by atoms with E-state index in [1.807, 2.05) is 37.3 Å². The van der Waals surface area contributed by atoms with E-state index in [1.165, 1.54) is 16.8 Å². The number of halogens is 1. The van der Waals surface area contributed by atoms with E-state index in [1.54, 1.807) is 19.1 Å². The number of methoxy groups -OCH3 is 1. The molecule has 2 heterocycles. The second-order valence-electron chi connectivity index (χ2n) is 8.85. The summed E-state index contributed by atoms with van der Waals surface area (Å²) in [5, 5.41) is 9.44. The first kappa shape index (κ1) is 28.6. The number of carbonyl (C=O) groups excluding carboxylic acids is 1. The van der Waals surface area contributed by atoms with Gasteiger partial charge < -0.3 is 24.5 Å². The minimum absolute atomic E-state index is 0.0721. The first-order valence-electron chi connectivity index (χ1n) is 12.0. The van der Waals surface area contributed by atoms with Crippen LogP contribution in [0.4, 0.5) is 11.4 Å². The van der Waals surface area contributed by atoms with Crippen molar-refractivity contribution in [1.82, 2.24) is 4.90 Å². The fourth-order valence-electron chi connectivity index (χ4n) is 4.07. The molecule has 1 N–H and O–H groups in total. The Bertz CT molecular complexity index is 961. The normalized spacial score (nSPS) is 15.2. The molecule has 0 aliphatic carbocycles. The van der Waals surface area contributed by atoms with Gasteiger partial charge in [-0.2, -0.15) is 0 Å². The van der Waals surface area contributed by atoms with Gasteiger partial charge in [-0.15, -0.1) is 0 Å². The standard InChI is InChI=1S/C14H17NO3.C11H15ClN2.C2H6O/c1-10-4-5-12-11(9-10)3-2-8-15(12)13(16)6-7-14(17)18;1-13-5-7-14(8-6-13)11-4-2-3-10(12)9-11;1-3-2/h4-5,9H,2-3,6-8H2,1H3,(H,17,18);2-4,9H,5-8H2,1H3;1-2H3. The van der Waals surface area contributed by atoms with Crippen LogP contribution in [0.15, 0.2) is 42.5 Å². The number of amides is 1. The van der Waals surface area contributed by atoms with Gasteiger partial charge in [-0.1, -0.05) is 35.4 Å². The van der Waals surface area contributed by atoms with Gasteiger partial charge in [0, 0.05) is 69.8 Å². The van der Waals surface area contributed by atoms with Gasteiger partial charge in [-0.05, 0) is 56.6 Å². The zero-order chi connectivity index (χ0) is 25.8. The zero-order valence-electron chi connectivity index (χ0n) is 21.3. The molecule has 2 aliphatic rings. The minimum atomic E-state index is -0.926. The Kier molecular flexibility index (Phi) is 12.0. The lowest BCUT2D eigenvalue weighted by molar-refractivity contribution is -0.138. The Morgan fingerprint density at radius 2 is 1.69 bits per heavy atom. The summed E-state index contributed by atoms with van der Waals surface area (Å²) in [6.07, 6.45) is 1.90. The summed E-state index contributed by atoms with van der Waals surface area (Å²) in [7, 11) is 5.41. The van der Waals surface area contributed by atoms with Crippen molar-refractivity contribution in [1.29, 1.82) is 0 Å². The van der Waals surface area contributed by atoms with Crippen molar-refractivity contribution in [2.24, 2.45) is 0 Å². The van der Waals surface area contributed by atoms with Gasteiger partial charge in [0.1, 0.15) is 0 Å². The molecular weight excluding hydrogens is 466 g/mol. The van der Waals surface area contributed by atoms with Crippen LogP contribution in [0.5, 0.6) is 0 Å². The van der Waals surface area contributed by atoms with Crippen molar-refractivity contribution in [2.45, 2.75) is 32.6 Å². The second kappa shape index (κ2) is 14.7. The van der Waals surface area contributed by atoms with Gasteiger partial charge in [-0.3, -0.25) is 9.59 Å². The molecule has 0 saturated carbocycles. The molecule has 7 nitrogen and oxygen atoms in total. The largest absolute Gasteiger partial charge is 0.481 e. The molecule has 1 saturated heterocycles. The fraction of sp³-hybridized carbons (Fsp3) is 0.481. The molecular formula is C27H38ClN3O4. The fourth-order valence-corrected chi connectivity index (χ4v) is 4.26. The predicted octanol–water partition coefficient (Wildman–Crippen LogP) is 4.49. The van der Waals surface area contributed by atoms with Crippen LogP contribution < -0.4 is 9.80 Å². The Morgan fingerprint density at radius 3 is 2.31 bits per heavy atom. The van der Waals surface area contributed by atoms with Crippen LogP contribution in [0.3, 0.4) is 0 Å². The average Bonchev–Trinajstić information content (AvgIpc) is 2.83. The molecule has 4 rings (SSSR count). The molecule has 1 fully saturated rings. The molecule has 0 bridgehead atoms. The molecule has 35 heavy (non-hydrogen) atoms. The van der Waals surface area contributed by atoms with Crippen molar-refractivity contribution in [3.63, 3.8) is 0 Å². The van der Waals surface area contributed by atoms with Crippen molar-refractivity contribution in [3.05, 3.63) is 58.6 Å². The van der Waals surface area contributed by atoms with E-state index in [2.05, 4.69) is 33.7 Å². The highest BCUT2D eigenvalue weighted by Gasteiger charge is 2.22. The number of carboxylic acids is 1. The predicted molar refractivity (Wildman–Crippen MR) is 143 cm³/mol. The maximum absolute atomic E-state index is 12.0. The van der Waals surface area contributed by atoms with Gasteiger partial charge in [0.2, 0.25) is 5.91 Å². The van der Waals surface area contributed by atoms with Crippen molar-refractivity contribution < 1.29 is 19.4 Å². The van der Waals surface area contributed by atoms with Gasteiger partial charge in [-0.25, -0.2) is 0 Å². The highest BCUT2D eigenvalue weighted by atomic mass is 35.5. The lowest BCUT2D eigenvalue weighted by Gasteiger charge is -2.34. The lowest BCUT2D eigenvalue weighted by Crippen LogP contribution is -2.44. The Balaban J connectivity index is 0.000000227. The molecule has 0 unspecified atom stereocenters. The van der Waals surface area contributed by atoms with E-state index in [-0.39, 0.29) is 18.7 Å². The topological polar surface area (TPSA) is 73.3 Å². The van der Waals surface area contributed by atoms with Gasteiger partial charge in [0.05, 0.1) is 6.42 Å². The molecule has 8 heteroatoms. The van der Waals surface area contributed by atoms with E-state index in [0.29, 0.717) is 6.54 Å². The summed E-state index contributed by atoms with van der Waals surface area (Å²) in [6, 6.07) is 14.1. The SMILES string of the molecule is CN1CCN(c2cccc(Cl)c2)CC1.COC.Cc1ccc2c(c1)CCCN2C(=O)CCC(=O)O. The molecule has 0 radical (unpaired) electrons. The molecule has 2 aromatic carbocycles. The van der Waals surface area contributed by atoms with E-state index in [4.69, 9.17) is 16.7 Å². The van der Waals surface area contributed by atoms with Gasteiger partial charge >= 0.3 is 5.97 Å². The lowest BCUT2D eigenvalue weighted by atomic mass is 9.99. The van der Waals surface area contributed by atoms with Crippen molar-refractivity contribution >= 4 is 34.9 Å². The summed E-state index contributed by atoms with van der Waals surface area (Å²) in [5.41, 5.74) is 4.56. The zero-order valence-corrected chi connectivity index (χ0v) is 22.1. The van der Waals surface area contributed by atoms with Gasteiger partial charge in [0.15, 0.2) is 0 Å². The summed E-state index contributed by atoms with van der Waals surface area (Å²) in [5.74, 6) is -1.02. The second-order valence-corrected chi connectivity index (χ2v) is 9.29. The number of carboxylic acid groups (broad SMARTS) is 1. The molecule has 0 atom stereocenters. The number of hydrogen-bond acceptors (Lipinski definition) is 5. The summed E-state index contributed by atoms with van der Waals surface area (Å²) in [4.78, 5) is 29.0. The van der Waals surface area contributed by atoms with Crippen LogP contribution in [-0.2, 0) is 20.7 Å². The number of aliphatic carboxylic acids is 1. The Labute approximate surface area is 214 Å². The number of piperazine rings is 1. The molecule has 2 aromatic rings. The first-order valence-corrected chi connectivity index (χ1v) is 12.3. The van der Waals surface area contributed by atoms with Crippen LogP contribution in [-0.4, -0.2) is 75.9 Å². The third-order valence-electron chi connectivity index (χ3n) is 5.88. The quantitative estimate of drug-likeness (QED) is 0.662. The number of benzene rings is 2. The number of nitrogens with zero attached hydrogens (tertiary/aromatic N) is 3. The van der Waals surface area contributed by atoms with Crippen LogP contribution in [0.25, 0.3) is 0 Å². The van der Waals surface area contributed by atoms with E-state index < -0.39 is 5.97 Å². The molecule has 0 aromatic heterocycles. The highest BCUT2D eigenvalue weighted by Crippen LogP contribution is 2.28. The molecule has 0 spiro atoms. The number of rotatable bonds is 4. The number of carbonyl (C=O) groups is 2. The maximum Gasteiger partial charge on any atom is 0.303 e. The number of likely N-dealkylation sites (N-methyl/N-ethyl adjacent to an activating group) is 1. The number of aryl methyl sites for hydroxylation is 2. The van der Waals surface area contributed by atoms with E-state index in [0.717, 1.165) is 49.7 Å². The summed E-state index contributed by atoms with van der Waals surface area (Å²) < 4.78 is 4.25. The van der Waals surface area contributed by atoms with Crippen LogP contribution in [0.2, 0.25) is 5.02 Å². The Hall–Kier alpha value is -2.61.